The average Bonchev–Trinajstić information content (AvgIpc) is 2.94. The first-order valence-corrected chi connectivity index (χ1v) is 7.03. The minimum Gasteiger partial charge on any atom is -0.484 e. The molecule has 1 N–H and O–H groups in total. The van der Waals surface area contributed by atoms with E-state index in [-0.39, 0.29) is 57.3 Å². The maximum Gasteiger partial charge on any atom is 1.00 e. The smallest absolute Gasteiger partial charge is 0.484 e. The van der Waals surface area contributed by atoms with Gasteiger partial charge in [0.1, 0.15) is 0 Å². The fraction of sp³-hybridized carbons (Fsp3) is 0.133. The number of hydrogen-bond acceptors (Lipinski definition) is 4. The maximum absolute atomic E-state index is 11.1. The molecule has 1 aromatic carbocycles. The maximum atomic E-state index is 11.1. The summed E-state index contributed by atoms with van der Waals surface area (Å²) in [7, 11) is 1.62. The van der Waals surface area contributed by atoms with Crippen molar-refractivity contribution in [3.8, 4) is 0 Å². The molecule has 0 aliphatic carbocycles. The zero-order chi connectivity index (χ0) is 14.8. The van der Waals surface area contributed by atoms with Gasteiger partial charge in [0.15, 0.2) is 0 Å². The number of thiophene rings is 1. The van der Waals surface area contributed by atoms with Crippen LogP contribution in [-0.4, -0.2) is 25.1 Å². The monoisotopic (exact) mass is 343 g/mol. The number of nitrogens with one attached hydrogen (secondary N) is 1. The molecular formula is C15H14KNO2S2-2. The topological polar surface area (TPSA) is 38.3 Å². The fourth-order valence-electron chi connectivity index (χ4n) is 1.34. The number of rotatable bonds is 4. The van der Waals surface area contributed by atoms with Crippen LogP contribution in [0.5, 0.6) is 0 Å². The van der Waals surface area contributed by atoms with Crippen LogP contribution >= 0.6 is 23.6 Å². The Kier molecular flexibility index (Phi) is 12.6. The van der Waals surface area contributed by atoms with Crippen LogP contribution in [0.1, 0.15) is 5.56 Å². The van der Waals surface area contributed by atoms with Crippen molar-refractivity contribution < 1.29 is 60.9 Å². The Bertz CT molecular complexity index is 594. The van der Waals surface area contributed by atoms with Crippen molar-refractivity contribution in [2.75, 3.05) is 13.7 Å². The minimum atomic E-state index is -0.316. The number of hydrogen-bond donors (Lipinski definition) is 1. The predicted molar refractivity (Wildman–Crippen MR) is 86.7 cm³/mol. The fourth-order valence-corrected chi connectivity index (χ4v) is 2.31. The van der Waals surface area contributed by atoms with Gasteiger partial charge in [-0.15, -0.1) is 29.8 Å². The molecule has 1 amide bonds. The molecule has 0 saturated heterocycles. The van der Waals surface area contributed by atoms with Gasteiger partial charge in [0, 0.05) is 7.11 Å². The van der Waals surface area contributed by atoms with Gasteiger partial charge in [-0.05, 0) is 15.5 Å². The third-order valence-electron chi connectivity index (χ3n) is 2.22. The molecule has 1 aromatic heterocycles. The Labute approximate surface area is 177 Å². The van der Waals surface area contributed by atoms with Gasteiger partial charge in [0.25, 0.3) is 0 Å². The van der Waals surface area contributed by atoms with Gasteiger partial charge >= 0.3 is 51.4 Å². The summed E-state index contributed by atoms with van der Waals surface area (Å²) in [5.41, 5.74) is 3.06. The van der Waals surface area contributed by atoms with E-state index in [0.717, 1.165) is 15.6 Å². The van der Waals surface area contributed by atoms with Crippen molar-refractivity contribution in [3.63, 3.8) is 0 Å². The number of amides is 1. The summed E-state index contributed by atoms with van der Waals surface area (Å²) >= 11 is 6.02. The van der Waals surface area contributed by atoms with Crippen LogP contribution in [0.25, 0.3) is 10.1 Å². The van der Waals surface area contributed by atoms with E-state index in [4.69, 9.17) is 0 Å². The Hall–Kier alpha value is 0.0764. The van der Waals surface area contributed by atoms with Crippen molar-refractivity contribution in [1.29, 1.82) is 0 Å². The molecule has 1 heterocycles. The number of benzene rings is 1. The van der Waals surface area contributed by atoms with Gasteiger partial charge in [-0.2, -0.15) is 11.3 Å². The molecule has 0 aliphatic rings. The van der Waals surface area contributed by atoms with E-state index in [2.05, 4.69) is 40.8 Å². The number of thiocarbonyl (C=S) groups is 1. The second-order valence-electron chi connectivity index (χ2n) is 3.52. The molecule has 0 spiro atoms. The van der Waals surface area contributed by atoms with Gasteiger partial charge in [-0.1, -0.05) is 24.2 Å². The number of fused-ring (bicyclic) bond motifs is 1. The molecule has 106 valence electrons. The Balaban J connectivity index is 0.000000715. The molecule has 0 radical (unpaired) electrons. The largest absolute Gasteiger partial charge is 1.00 e. The van der Waals surface area contributed by atoms with Crippen LogP contribution < -0.4 is 56.7 Å². The van der Waals surface area contributed by atoms with Crippen molar-refractivity contribution in [3.05, 3.63) is 54.3 Å². The van der Waals surface area contributed by atoms with Crippen LogP contribution in [0.15, 0.2) is 35.7 Å². The third-order valence-corrected chi connectivity index (χ3v) is 3.28. The van der Waals surface area contributed by atoms with E-state index in [1.165, 1.54) is 6.08 Å². The second-order valence-corrected chi connectivity index (χ2v) is 4.64. The summed E-state index contributed by atoms with van der Waals surface area (Å²) in [6, 6.07) is 7.93. The van der Waals surface area contributed by atoms with E-state index >= 15 is 0 Å². The minimum absolute atomic E-state index is 0. The molecule has 2 aromatic rings. The molecule has 2 rings (SSSR count). The van der Waals surface area contributed by atoms with E-state index < -0.39 is 0 Å². The molecule has 0 unspecified atom stereocenters. The summed E-state index contributed by atoms with van der Waals surface area (Å²) in [5.74, 6) is -0.316. The first kappa shape index (κ1) is 21.1. The van der Waals surface area contributed by atoms with Crippen molar-refractivity contribution in [2.45, 2.75) is 0 Å². The SMILES string of the molecule is O=C(C=[C-]c1cccc2ccsc12)N[C-]=S.[CH2-]COC.[K+]. The van der Waals surface area contributed by atoms with E-state index in [9.17, 15) is 4.79 Å². The van der Waals surface area contributed by atoms with Gasteiger partial charge in [-0.3, -0.25) is 0 Å². The molecule has 21 heavy (non-hydrogen) atoms. The summed E-state index contributed by atoms with van der Waals surface area (Å²) in [4.78, 5) is 11.1. The molecule has 3 nitrogen and oxygen atoms in total. The van der Waals surface area contributed by atoms with Crippen molar-refractivity contribution in [1.82, 2.24) is 5.32 Å². The summed E-state index contributed by atoms with van der Waals surface area (Å²) < 4.78 is 5.55. The predicted octanol–water partition coefficient (Wildman–Crippen LogP) is 0.0301. The van der Waals surface area contributed by atoms with Crippen molar-refractivity contribution in [2.24, 2.45) is 0 Å². The average molecular weight is 344 g/mol. The summed E-state index contributed by atoms with van der Waals surface area (Å²) in [5, 5.41) is 5.44. The zero-order valence-electron chi connectivity index (χ0n) is 12.0. The van der Waals surface area contributed by atoms with Gasteiger partial charge in [-0.25, -0.2) is 12.2 Å². The number of carbonyl (C=O) groups is 1. The van der Waals surface area contributed by atoms with Gasteiger partial charge in [0.2, 0.25) is 0 Å². The zero-order valence-corrected chi connectivity index (χ0v) is 16.8. The third kappa shape index (κ3) is 7.76. The molecular weight excluding hydrogens is 329 g/mol. The van der Waals surface area contributed by atoms with Crippen LogP contribution in [0, 0.1) is 13.0 Å². The molecule has 0 saturated carbocycles. The summed E-state index contributed by atoms with van der Waals surface area (Å²) in [6.07, 6.45) is 4.27. The van der Waals surface area contributed by atoms with E-state index in [1.807, 2.05) is 29.6 Å². The first-order valence-electron chi connectivity index (χ1n) is 5.74. The molecule has 0 aliphatic heterocycles. The van der Waals surface area contributed by atoms with Gasteiger partial charge in [0.05, 0.1) is 5.91 Å². The molecule has 6 heteroatoms. The van der Waals surface area contributed by atoms with E-state index in [1.54, 1.807) is 18.4 Å². The van der Waals surface area contributed by atoms with Gasteiger partial charge < -0.3 is 21.8 Å². The molecule has 0 atom stereocenters. The number of ether oxygens (including phenoxy) is 1. The standard InChI is InChI=1S/C12H7NOS2.C3H7O.K/c14-11(13-8-15)5-4-9-2-1-3-10-6-7-16-12(9)10;1-3-4-2;/h1-3,5-7H,(H,13,14,15);1,3H2,2H3;/q-2;-1;+1. The van der Waals surface area contributed by atoms with E-state index in [0.29, 0.717) is 6.61 Å². The quantitative estimate of drug-likeness (QED) is 0.280. The van der Waals surface area contributed by atoms with Crippen LogP contribution in [0.2, 0.25) is 0 Å². The second kappa shape index (κ2) is 12.6. The summed E-state index contributed by atoms with van der Waals surface area (Å²) in [6.45, 7) is 3.95. The van der Waals surface area contributed by atoms with Crippen LogP contribution in [0.3, 0.4) is 0 Å². The number of methoxy groups -OCH3 is 1. The Morgan fingerprint density at radius 2 is 2.24 bits per heavy atom. The molecule has 0 bridgehead atoms. The number of carbonyl (C=O) groups excluding carboxylic acids is 1. The van der Waals surface area contributed by atoms with Crippen molar-refractivity contribution >= 4 is 45.0 Å². The Morgan fingerprint density at radius 3 is 2.86 bits per heavy atom. The van der Waals surface area contributed by atoms with Crippen LogP contribution in [0.4, 0.5) is 0 Å². The molecule has 0 fully saturated rings. The first-order chi connectivity index (χ1) is 9.72. The van der Waals surface area contributed by atoms with Crippen LogP contribution in [-0.2, 0) is 9.53 Å². The Morgan fingerprint density at radius 1 is 1.52 bits per heavy atom. The normalized spacial score (nSPS) is 9.62.